The highest BCUT2D eigenvalue weighted by Gasteiger charge is 2.27. The van der Waals surface area contributed by atoms with E-state index < -0.39 is 10.8 Å². The first-order valence-electron chi connectivity index (χ1n) is 7.50. The van der Waals surface area contributed by atoms with E-state index in [1.165, 1.54) is 6.07 Å². The molecule has 120 valence electrons. The first kappa shape index (κ1) is 15.2. The quantitative estimate of drug-likeness (QED) is 0.692. The minimum absolute atomic E-state index is 0.0291. The lowest BCUT2D eigenvalue weighted by molar-refractivity contribution is -0.385. The lowest BCUT2D eigenvalue weighted by Crippen LogP contribution is -2.18. The maximum absolute atomic E-state index is 12.5. The van der Waals surface area contributed by atoms with Crippen molar-refractivity contribution in [3.63, 3.8) is 0 Å². The van der Waals surface area contributed by atoms with Gasteiger partial charge < -0.3 is 9.84 Å². The molecule has 3 rings (SSSR count). The molecule has 1 unspecified atom stereocenters. The van der Waals surface area contributed by atoms with Crippen LogP contribution in [-0.2, 0) is 12.8 Å². The van der Waals surface area contributed by atoms with Gasteiger partial charge in [-0.05, 0) is 31.7 Å². The van der Waals surface area contributed by atoms with E-state index in [1.807, 2.05) is 0 Å². The molecule has 7 nitrogen and oxygen atoms in total. The molecule has 7 heteroatoms. The highest BCUT2D eigenvalue weighted by Crippen LogP contribution is 2.29. The second kappa shape index (κ2) is 5.83. The molecule has 0 saturated carbocycles. The summed E-state index contributed by atoms with van der Waals surface area (Å²) in [6, 6.07) is 4.58. The van der Waals surface area contributed by atoms with E-state index in [1.54, 1.807) is 19.1 Å². The summed E-state index contributed by atoms with van der Waals surface area (Å²) in [5.74, 6) is 0.852. The van der Waals surface area contributed by atoms with Crippen molar-refractivity contribution in [2.75, 3.05) is 5.32 Å². The SMILES string of the molecule is Cc1c(NC(=O)c2noc3c2CC(C)CC3)cccc1[N+](=O)[O-]. The summed E-state index contributed by atoms with van der Waals surface area (Å²) >= 11 is 0. The van der Waals surface area contributed by atoms with Crippen LogP contribution in [0.4, 0.5) is 11.4 Å². The number of nitrogens with zero attached hydrogens (tertiary/aromatic N) is 2. The third kappa shape index (κ3) is 2.81. The van der Waals surface area contributed by atoms with E-state index in [-0.39, 0.29) is 11.4 Å². The van der Waals surface area contributed by atoms with Crippen molar-refractivity contribution in [3.05, 3.63) is 50.9 Å². The van der Waals surface area contributed by atoms with Crippen molar-refractivity contribution in [1.29, 1.82) is 0 Å². The molecule has 1 aliphatic carbocycles. The Morgan fingerprint density at radius 2 is 2.26 bits per heavy atom. The van der Waals surface area contributed by atoms with Gasteiger partial charge in [-0.3, -0.25) is 14.9 Å². The topological polar surface area (TPSA) is 98.3 Å². The lowest BCUT2D eigenvalue weighted by atomic mass is 9.88. The second-order valence-corrected chi connectivity index (χ2v) is 5.94. The third-order valence-corrected chi connectivity index (χ3v) is 4.25. The van der Waals surface area contributed by atoms with Crippen LogP contribution in [0.25, 0.3) is 0 Å². The number of fused-ring (bicyclic) bond motifs is 1. The summed E-state index contributed by atoms with van der Waals surface area (Å²) in [5.41, 5.74) is 1.92. The number of carbonyl (C=O) groups is 1. The van der Waals surface area contributed by atoms with E-state index in [2.05, 4.69) is 17.4 Å². The number of carbonyl (C=O) groups excluding carboxylic acids is 1. The number of rotatable bonds is 3. The lowest BCUT2D eigenvalue weighted by Gasteiger charge is -2.16. The Kier molecular flexibility index (Phi) is 3.85. The van der Waals surface area contributed by atoms with Gasteiger partial charge in [0.2, 0.25) is 0 Å². The standard InChI is InChI=1S/C16H17N3O4/c1-9-6-7-14-11(8-9)15(18-23-14)16(20)17-12-4-3-5-13(10(12)2)19(21)22/h3-5,9H,6-8H2,1-2H3,(H,17,20). The molecule has 0 radical (unpaired) electrons. The summed E-state index contributed by atoms with van der Waals surface area (Å²) in [6.45, 7) is 3.73. The number of hydrogen-bond donors (Lipinski definition) is 1. The fourth-order valence-corrected chi connectivity index (χ4v) is 2.89. The second-order valence-electron chi connectivity index (χ2n) is 5.94. The van der Waals surface area contributed by atoms with Crippen molar-refractivity contribution in [3.8, 4) is 0 Å². The Labute approximate surface area is 132 Å². The summed E-state index contributed by atoms with van der Waals surface area (Å²) in [5, 5.41) is 17.6. The Morgan fingerprint density at radius 1 is 1.48 bits per heavy atom. The zero-order valence-electron chi connectivity index (χ0n) is 13.0. The molecule has 1 amide bonds. The van der Waals surface area contributed by atoms with Gasteiger partial charge in [0.05, 0.1) is 16.2 Å². The van der Waals surface area contributed by atoms with Gasteiger partial charge in [0.1, 0.15) is 5.76 Å². The maximum atomic E-state index is 12.5. The fraction of sp³-hybridized carbons (Fsp3) is 0.375. The van der Waals surface area contributed by atoms with Crippen LogP contribution in [0.3, 0.4) is 0 Å². The Balaban J connectivity index is 1.88. The first-order valence-corrected chi connectivity index (χ1v) is 7.50. The molecule has 0 fully saturated rings. The molecule has 0 aliphatic heterocycles. The minimum atomic E-state index is -0.468. The molecule has 0 saturated heterocycles. The molecule has 1 aromatic carbocycles. The average molecular weight is 315 g/mol. The van der Waals surface area contributed by atoms with Gasteiger partial charge in [-0.25, -0.2) is 0 Å². The molecule has 23 heavy (non-hydrogen) atoms. The molecule has 1 heterocycles. The molecule has 0 bridgehead atoms. The monoisotopic (exact) mass is 315 g/mol. The van der Waals surface area contributed by atoms with Crippen LogP contribution in [0.15, 0.2) is 22.7 Å². The summed E-state index contributed by atoms with van der Waals surface area (Å²) in [6.07, 6.45) is 2.56. The van der Waals surface area contributed by atoms with E-state index in [0.29, 0.717) is 17.2 Å². The van der Waals surface area contributed by atoms with Crippen molar-refractivity contribution in [2.45, 2.75) is 33.1 Å². The number of aromatic nitrogens is 1. The number of nitro benzene ring substituents is 1. The number of aryl methyl sites for hydroxylation is 1. The van der Waals surface area contributed by atoms with Gasteiger partial charge in [0, 0.05) is 18.1 Å². The first-order chi connectivity index (χ1) is 11.0. The number of anilines is 1. The van der Waals surface area contributed by atoms with Gasteiger partial charge in [0.25, 0.3) is 11.6 Å². The van der Waals surface area contributed by atoms with Crippen LogP contribution < -0.4 is 5.32 Å². The van der Waals surface area contributed by atoms with Crippen LogP contribution in [0.5, 0.6) is 0 Å². The van der Waals surface area contributed by atoms with E-state index in [0.717, 1.165) is 30.6 Å². The highest BCUT2D eigenvalue weighted by molar-refractivity contribution is 6.04. The molecule has 2 aromatic rings. The molecular weight excluding hydrogens is 298 g/mol. The van der Waals surface area contributed by atoms with Crippen LogP contribution in [-0.4, -0.2) is 16.0 Å². The summed E-state index contributed by atoms with van der Waals surface area (Å²) in [7, 11) is 0. The zero-order chi connectivity index (χ0) is 16.6. The third-order valence-electron chi connectivity index (χ3n) is 4.25. The van der Waals surface area contributed by atoms with Crippen LogP contribution in [0.2, 0.25) is 0 Å². The smallest absolute Gasteiger partial charge is 0.278 e. The molecule has 1 aromatic heterocycles. The van der Waals surface area contributed by atoms with Gasteiger partial charge >= 0.3 is 0 Å². The van der Waals surface area contributed by atoms with Crippen molar-refractivity contribution in [2.24, 2.45) is 5.92 Å². The van der Waals surface area contributed by atoms with Crippen LogP contribution >= 0.6 is 0 Å². The summed E-state index contributed by atoms with van der Waals surface area (Å²) in [4.78, 5) is 23.0. The molecule has 0 spiro atoms. The molecular formula is C16H17N3O4. The predicted octanol–water partition coefficient (Wildman–Crippen LogP) is 3.27. The van der Waals surface area contributed by atoms with Gasteiger partial charge in [-0.1, -0.05) is 18.1 Å². The number of benzene rings is 1. The fourth-order valence-electron chi connectivity index (χ4n) is 2.89. The Morgan fingerprint density at radius 3 is 3.00 bits per heavy atom. The van der Waals surface area contributed by atoms with Crippen LogP contribution in [0.1, 0.15) is 40.7 Å². The van der Waals surface area contributed by atoms with E-state index >= 15 is 0 Å². The van der Waals surface area contributed by atoms with Crippen molar-refractivity contribution >= 4 is 17.3 Å². The number of nitrogens with one attached hydrogen (secondary N) is 1. The molecule has 1 atom stereocenters. The largest absolute Gasteiger partial charge is 0.360 e. The minimum Gasteiger partial charge on any atom is -0.360 e. The normalized spacial score (nSPS) is 16.7. The van der Waals surface area contributed by atoms with Gasteiger partial charge in [0.15, 0.2) is 5.69 Å². The Hall–Kier alpha value is -2.70. The number of hydrogen-bond acceptors (Lipinski definition) is 5. The maximum Gasteiger partial charge on any atom is 0.278 e. The Bertz CT molecular complexity index is 782. The predicted molar refractivity (Wildman–Crippen MR) is 83.5 cm³/mol. The van der Waals surface area contributed by atoms with Crippen LogP contribution in [0, 0.1) is 23.0 Å². The zero-order valence-corrected chi connectivity index (χ0v) is 13.0. The highest BCUT2D eigenvalue weighted by atomic mass is 16.6. The number of nitro groups is 1. The van der Waals surface area contributed by atoms with E-state index in [4.69, 9.17) is 4.52 Å². The number of amides is 1. The molecule has 1 N–H and O–H groups in total. The summed E-state index contributed by atoms with van der Waals surface area (Å²) < 4.78 is 5.27. The van der Waals surface area contributed by atoms with Gasteiger partial charge in [-0.15, -0.1) is 0 Å². The van der Waals surface area contributed by atoms with E-state index in [9.17, 15) is 14.9 Å². The average Bonchev–Trinajstić information content (AvgIpc) is 2.92. The van der Waals surface area contributed by atoms with Crippen molar-refractivity contribution in [1.82, 2.24) is 5.16 Å². The molecule has 1 aliphatic rings. The van der Waals surface area contributed by atoms with Gasteiger partial charge in [-0.2, -0.15) is 0 Å². The van der Waals surface area contributed by atoms with Crippen molar-refractivity contribution < 1.29 is 14.2 Å².